The summed E-state index contributed by atoms with van der Waals surface area (Å²) in [7, 11) is 1.82. The van der Waals surface area contributed by atoms with Crippen molar-refractivity contribution in [3.8, 4) is 0 Å². The van der Waals surface area contributed by atoms with E-state index in [1.165, 1.54) is 6.07 Å². The number of nitrogens with two attached hydrogens (primary N) is 1. The Labute approximate surface area is 83.6 Å². The average molecular weight is 194 g/mol. The Morgan fingerprint density at radius 2 is 2.29 bits per heavy atom. The lowest BCUT2D eigenvalue weighted by atomic mass is 10.1. The van der Waals surface area contributed by atoms with Crippen LogP contribution < -0.4 is 11.1 Å². The highest BCUT2D eigenvalue weighted by Gasteiger charge is 2.06. The summed E-state index contributed by atoms with van der Waals surface area (Å²) in [6.45, 7) is 4.25. The first-order chi connectivity index (χ1) is 6.69. The molecule has 0 unspecified atom stereocenters. The van der Waals surface area contributed by atoms with Gasteiger partial charge in [0.25, 0.3) is 0 Å². The smallest absolute Gasteiger partial charge is 0.146 e. The molecule has 1 rings (SSSR count). The van der Waals surface area contributed by atoms with Gasteiger partial charge in [-0.3, -0.25) is 0 Å². The van der Waals surface area contributed by atoms with Crippen LogP contribution in [0.25, 0.3) is 0 Å². The van der Waals surface area contributed by atoms with Gasteiger partial charge in [0, 0.05) is 6.54 Å². The minimum absolute atomic E-state index is 0.227. The molecule has 3 N–H and O–H groups in total. The quantitative estimate of drug-likeness (QED) is 0.567. The normalized spacial score (nSPS) is 10.1. The van der Waals surface area contributed by atoms with Crippen LogP contribution in [0.1, 0.15) is 11.1 Å². The lowest BCUT2D eigenvalue weighted by Gasteiger charge is -2.08. The molecule has 0 aromatic heterocycles. The van der Waals surface area contributed by atoms with Gasteiger partial charge in [-0.05, 0) is 30.7 Å². The first-order valence-electron chi connectivity index (χ1n) is 4.51. The molecule has 0 saturated heterocycles. The first-order valence-corrected chi connectivity index (χ1v) is 4.51. The van der Waals surface area contributed by atoms with Gasteiger partial charge in [0.15, 0.2) is 0 Å². The van der Waals surface area contributed by atoms with E-state index in [4.69, 9.17) is 5.73 Å². The van der Waals surface area contributed by atoms with E-state index in [9.17, 15) is 4.39 Å². The van der Waals surface area contributed by atoms with E-state index in [-0.39, 0.29) is 11.5 Å². The molecule has 0 saturated carbocycles. The van der Waals surface area contributed by atoms with E-state index in [1.807, 2.05) is 13.1 Å². The van der Waals surface area contributed by atoms with Crippen LogP contribution in [0, 0.1) is 5.82 Å². The lowest BCUT2D eigenvalue weighted by Crippen LogP contribution is -2.07. The summed E-state index contributed by atoms with van der Waals surface area (Å²) in [4.78, 5) is 0. The van der Waals surface area contributed by atoms with Crippen LogP contribution >= 0.6 is 0 Å². The van der Waals surface area contributed by atoms with E-state index >= 15 is 0 Å². The van der Waals surface area contributed by atoms with Crippen molar-refractivity contribution in [2.45, 2.75) is 13.0 Å². The summed E-state index contributed by atoms with van der Waals surface area (Å²) in [5.41, 5.74) is 7.51. The third-order valence-electron chi connectivity index (χ3n) is 2.02. The van der Waals surface area contributed by atoms with Crippen LogP contribution in [-0.4, -0.2) is 7.05 Å². The van der Waals surface area contributed by atoms with Gasteiger partial charge in [0.05, 0.1) is 5.69 Å². The van der Waals surface area contributed by atoms with Crippen molar-refractivity contribution >= 4 is 5.69 Å². The van der Waals surface area contributed by atoms with Crippen molar-refractivity contribution in [1.82, 2.24) is 5.32 Å². The molecule has 0 aliphatic rings. The van der Waals surface area contributed by atoms with Crippen LogP contribution in [0.15, 0.2) is 24.8 Å². The Morgan fingerprint density at radius 1 is 1.57 bits per heavy atom. The van der Waals surface area contributed by atoms with Gasteiger partial charge in [0.1, 0.15) is 5.82 Å². The monoisotopic (exact) mass is 194 g/mol. The molecule has 0 atom stereocenters. The van der Waals surface area contributed by atoms with Crippen LogP contribution in [0.2, 0.25) is 0 Å². The molecule has 0 heterocycles. The molecule has 1 aromatic carbocycles. The number of anilines is 1. The standard InChI is InChI=1S/C11H15FN2/c1-3-4-9-5-8(7-14-2)6-10(12)11(9)13/h3,5-6,14H,1,4,7,13H2,2H3. The molecular formula is C11H15FN2. The highest BCUT2D eigenvalue weighted by atomic mass is 19.1. The van der Waals surface area contributed by atoms with Crippen molar-refractivity contribution in [2.24, 2.45) is 0 Å². The predicted octanol–water partition coefficient (Wildman–Crippen LogP) is 1.86. The van der Waals surface area contributed by atoms with Crippen LogP contribution in [-0.2, 0) is 13.0 Å². The molecule has 0 amide bonds. The molecule has 0 aliphatic carbocycles. The second kappa shape index (κ2) is 4.77. The maximum atomic E-state index is 13.3. The molecule has 76 valence electrons. The van der Waals surface area contributed by atoms with Crippen molar-refractivity contribution in [3.05, 3.63) is 41.7 Å². The summed E-state index contributed by atoms with van der Waals surface area (Å²) in [5.74, 6) is -0.352. The van der Waals surface area contributed by atoms with Gasteiger partial charge in [-0.15, -0.1) is 6.58 Å². The van der Waals surface area contributed by atoms with E-state index in [1.54, 1.807) is 6.08 Å². The number of rotatable bonds is 4. The van der Waals surface area contributed by atoms with Gasteiger partial charge < -0.3 is 11.1 Å². The summed E-state index contributed by atoms with van der Waals surface area (Å²) in [6, 6.07) is 3.36. The third kappa shape index (κ3) is 2.33. The second-order valence-corrected chi connectivity index (χ2v) is 3.17. The van der Waals surface area contributed by atoms with Gasteiger partial charge >= 0.3 is 0 Å². The lowest BCUT2D eigenvalue weighted by molar-refractivity contribution is 0.627. The number of halogens is 1. The molecule has 0 fully saturated rings. The topological polar surface area (TPSA) is 38.0 Å². The Balaban J connectivity index is 3.06. The zero-order valence-electron chi connectivity index (χ0n) is 8.31. The van der Waals surface area contributed by atoms with Crippen molar-refractivity contribution in [1.29, 1.82) is 0 Å². The van der Waals surface area contributed by atoms with Crippen LogP contribution in [0.5, 0.6) is 0 Å². The van der Waals surface area contributed by atoms with Gasteiger partial charge in [-0.1, -0.05) is 12.1 Å². The molecule has 0 bridgehead atoms. The first kappa shape index (κ1) is 10.7. The Hall–Kier alpha value is -1.35. The van der Waals surface area contributed by atoms with Gasteiger partial charge in [-0.25, -0.2) is 4.39 Å². The molecule has 0 radical (unpaired) electrons. The maximum Gasteiger partial charge on any atom is 0.146 e. The highest BCUT2D eigenvalue weighted by Crippen LogP contribution is 2.19. The largest absolute Gasteiger partial charge is 0.396 e. The molecule has 3 heteroatoms. The molecular weight excluding hydrogens is 179 g/mol. The fraction of sp³-hybridized carbons (Fsp3) is 0.273. The van der Waals surface area contributed by atoms with E-state index in [0.29, 0.717) is 13.0 Å². The van der Waals surface area contributed by atoms with Crippen molar-refractivity contribution in [3.63, 3.8) is 0 Å². The molecule has 2 nitrogen and oxygen atoms in total. The molecule has 14 heavy (non-hydrogen) atoms. The van der Waals surface area contributed by atoms with Crippen LogP contribution in [0.3, 0.4) is 0 Å². The van der Waals surface area contributed by atoms with E-state index in [0.717, 1.165) is 11.1 Å². The van der Waals surface area contributed by atoms with E-state index < -0.39 is 0 Å². The average Bonchev–Trinajstić information content (AvgIpc) is 2.14. The summed E-state index contributed by atoms with van der Waals surface area (Å²) in [5, 5.41) is 2.97. The SMILES string of the molecule is C=CCc1cc(CNC)cc(F)c1N. The zero-order chi connectivity index (χ0) is 10.6. The number of hydrogen-bond acceptors (Lipinski definition) is 2. The summed E-state index contributed by atoms with van der Waals surface area (Å²) < 4.78 is 13.3. The van der Waals surface area contributed by atoms with E-state index in [2.05, 4.69) is 11.9 Å². The Morgan fingerprint density at radius 3 is 2.86 bits per heavy atom. The minimum atomic E-state index is -0.352. The predicted molar refractivity (Wildman–Crippen MR) is 57.5 cm³/mol. The third-order valence-corrected chi connectivity index (χ3v) is 2.02. The Kier molecular flexibility index (Phi) is 3.65. The highest BCUT2D eigenvalue weighted by molar-refractivity contribution is 5.50. The number of benzene rings is 1. The summed E-state index contributed by atoms with van der Waals surface area (Å²) >= 11 is 0. The number of nitrogens with one attached hydrogen (secondary N) is 1. The zero-order valence-corrected chi connectivity index (χ0v) is 8.31. The second-order valence-electron chi connectivity index (χ2n) is 3.17. The van der Waals surface area contributed by atoms with Gasteiger partial charge in [0.2, 0.25) is 0 Å². The number of allylic oxidation sites excluding steroid dienone is 1. The summed E-state index contributed by atoms with van der Waals surface area (Å²) in [6.07, 6.45) is 2.31. The minimum Gasteiger partial charge on any atom is -0.396 e. The van der Waals surface area contributed by atoms with Crippen LogP contribution in [0.4, 0.5) is 10.1 Å². The number of hydrogen-bond donors (Lipinski definition) is 2. The molecule has 1 aromatic rings. The van der Waals surface area contributed by atoms with Crippen molar-refractivity contribution < 1.29 is 4.39 Å². The maximum absolute atomic E-state index is 13.3. The Bertz CT molecular complexity index is 334. The molecule has 0 spiro atoms. The van der Waals surface area contributed by atoms with Gasteiger partial charge in [-0.2, -0.15) is 0 Å². The fourth-order valence-corrected chi connectivity index (χ4v) is 1.37. The number of nitrogen functional groups attached to an aromatic ring is 1. The molecule has 0 aliphatic heterocycles. The van der Waals surface area contributed by atoms with Crippen molar-refractivity contribution in [2.75, 3.05) is 12.8 Å². The fourth-order valence-electron chi connectivity index (χ4n) is 1.37.